The minimum absolute atomic E-state index is 0. The monoisotopic (exact) mass is 217 g/mol. The Morgan fingerprint density at radius 3 is 2.29 bits per heavy atom. The highest BCUT2D eigenvalue weighted by molar-refractivity contribution is 5.85. The third kappa shape index (κ3) is 2.10. The van der Waals surface area contributed by atoms with E-state index in [1.165, 1.54) is 18.2 Å². The molecule has 78 valence electrons. The molecule has 0 unspecified atom stereocenters. The van der Waals surface area contributed by atoms with Gasteiger partial charge in [-0.1, -0.05) is 6.08 Å². The van der Waals surface area contributed by atoms with Gasteiger partial charge in [0.15, 0.2) is 11.5 Å². The molecule has 1 aromatic carbocycles. The van der Waals surface area contributed by atoms with Crippen LogP contribution in [0.4, 0.5) is 0 Å². The summed E-state index contributed by atoms with van der Waals surface area (Å²) in [6, 6.07) is 2.12. The molecule has 0 aliphatic rings. The zero-order valence-corrected chi connectivity index (χ0v) is 8.16. The lowest BCUT2D eigenvalue weighted by Crippen LogP contribution is -2.06. The number of nitrogens with two attached hydrogens (primary N) is 1. The van der Waals surface area contributed by atoms with Crippen LogP contribution in [0.3, 0.4) is 0 Å². The van der Waals surface area contributed by atoms with Gasteiger partial charge >= 0.3 is 0 Å². The van der Waals surface area contributed by atoms with Crippen molar-refractivity contribution in [2.75, 3.05) is 0 Å². The molecule has 0 aliphatic carbocycles. The largest absolute Gasteiger partial charge is 0.504 e. The number of rotatable bonds is 2. The third-order valence-corrected chi connectivity index (χ3v) is 1.77. The molecule has 0 saturated heterocycles. The molecule has 0 aliphatic heterocycles. The van der Waals surface area contributed by atoms with Crippen LogP contribution >= 0.6 is 12.4 Å². The van der Waals surface area contributed by atoms with Gasteiger partial charge in [-0.15, -0.1) is 19.0 Å². The van der Waals surface area contributed by atoms with E-state index < -0.39 is 17.5 Å². The number of phenols is 3. The van der Waals surface area contributed by atoms with E-state index >= 15 is 0 Å². The van der Waals surface area contributed by atoms with Crippen LogP contribution in [0.25, 0.3) is 0 Å². The molecule has 1 atom stereocenters. The van der Waals surface area contributed by atoms with Gasteiger partial charge in [0.05, 0.1) is 6.04 Å². The van der Waals surface area contributed by atoms with Gasteiger partial charge in [-0.25, -0.2) is 0 Å². The van der Waals surface area contributed by atoms with Crippen LogP contribution in [0.5, 0.6) is 17.2 Å². The second-order valence-electron chi connectivity index (χ2n) is 2.63. The Morgan fingerprint density at radius 1 is 1.21 bits per heavy atom. The van der Waals surface area contributed by atoms with Crippen molar-refractivity contribution in [1.29, 1.82) is 0 Å². The second kappa shape index (κ2) is 4.74. The van der Waals surface area contributed by atoms with Gasteiger partial charge < -0.3 is 21.1 Å². The number of hydrogen-bond donors (Lipinski definition) is 4. The van der Waals surface area contributed by atoms with Crippen LogP contribution in [0.1, 0.15) is 11.6 Å². The summed E-state index contributed by atoms with van der Waals surface area (Å²) in [6.45, 7) is 3.45. The smallest absolute Gasteiger partial charge is 0.200 e. The quantitative estimate of drug-likeness (QED) is 0.446. The number of hydrogen-bond acceptors (Lipinski definition) is 4. The third-order valence-electron chi connectivity index (χ3n) is 1.77. The van der Waals surface area contributed by atoms with Crippen molar-refractivity contribution in [2.45, 2.75) is 6.04 Å². The van der Waals surface area contributed by atoms with Crippen LogP contribution in [-0.2, 0) is 0 Å². The summed E-state index contributed by atoms with van der Waals surface area (Å²) >= 11 is 0. The van der Waals surface area contributed by atoms with Crippen LogP contribution in [0.2, 0.25) is 0 Å². The van der Waals surface area contributed by atoms with Crippen LogP contribution in [0.15, 0.2) is 24.8 Å². The average molecular weight is 218 g/mol. The van der Waals surface area contributed by atoms with Crippen LogP contribution in [0, 0.1) is 0 Å². The van der Waals surface area contributed by atoms with Crippen molar-refractivity contribution in [3.05, 3.63) is 30.4 Å². The summed E-state index contributed by atoms with van der Waals surface area (Å²) in [5, 5.41) is 27.5. The van der Waals surface area contributed by atoms with Gasteiger partial charge in [-0.2, -0.15) is 0 Å². The molecule has 0 saturated carbocycles. The molecule has 0 amide bonds. The summed E-state index contributed by atoms with van der Waals surface area (Å²) in [4.78, 5) is 0. The molecular weight excluding hydrogens is 206 g/mol. The van der Waals surface area contributed by atoms with Crippen molar-refractivity contribution >= 4 is 12.4 Å². The second-order valence-corrected chi connectivity index (χ2v) is 2.63. The van der Waals surface area contributed by atoms with E-state index in [0.29, 0.717) is 5.56 Å². The molecule has 1 rings (SSSR count). The van der Waals surface area contributed by atoms with Crippen molar-refractivity contribution in [3.63, 3.8) is 0 Å². The summed E-state index contributed by atoms with van der Waals surface area (Å²) in [6.07, 6.45) is 1.42. The maximum atomic E-state index is 9.34. The highest BCUT2D eigenvalue weighted by atomic mass is 35.5. The fourth-order valence-electron chi connectivity index (χ4n) is 0.981. The van der Waals surface area contributed by atoms with Crippen molar-refractivity contribution < 1.29 is 15.3 Å². The maximum absolute atomic E-state index is 9.34. The Labute approximate surface area is 87.7 Å². The Morgan fingerprint density at radius 2 is 1.79 bits per heavy atom. The fraction of sp³-hybridized carbons (Fsp3) is 0.111. The van der Waals surface area contributed by atoms with Crippen LogP contribution < -0.4 is 5.73 Å². The molecule has 0 heterocycles. The summed E-state index contributed by atoms with van der Waals surface area (Å²) in [7, 11) is 0. The number of halogens is 1. The maximum Gasteiger partial charge on any atom is 0.200 e. The van der Waals surface area contributed by atoms with Crippen molar-refractivity contribution in [2.24, 2.45) is 5.73 Å². The van der Waals surface area contributed by atoms with E-state index in [-0.39, 0.29) is 18.2 Å². The summed E-state index contributed by atoms with van der Waals surface area (Å²) in [5.74, 6) is -1.35. The van der Waals surface area contributed by atoms with Crippen LogP contribution in [-0.4, -0.2) is 15.3 Å². The summed E-state index contributed by atoms with van der Waals surface area (Å²) < 4.78 is 0. The molecule has 0 bridgehead atoms. The molecule has 4 nitrogen and oxygen atoms in total. The van der Waals surface area contributed by atoms with Gasteiger partial charge in [-0.05, 0) is 12.1 Å². The first-order chi connectivity index (χ1) is 6.07. The van der Waals surface area contributed by atoms with Gasteiger partial charge in [0.25, 0.3) is 0 Å². The zero-order chi connectivity index (χ0) is 10.0. The molecule has 0 radical (unpaired) electrons. The van der Waals surface area contributed by atoms with Crippen molar-refractivity contribution in [3.8, 4) is 17.2 Å². The highest BCUT2D eigenvalue weighted by Crippen LogP contribution is 2.39. The molecule has 1 aromatic rings. The first-order valence-electron chi connectivity index (χ1n) is 3.70. The van der Waals surface area contributed by atoms with Gasteiger partial charge in [0, 0.05) is 5.56 Å². The van der Waals surface area contributed by atoms with E-state index in [0.717, 1.165) is 0 Å². The molecule has 0 aromatic heterocycles. The average Bonchev–Trinajstić information content (AvgIpc) is 2.13. The van der Waals surface area contributed by atoms with Crippen molar-refractivity contribution in [1.82, 2.24) is 0 Å². The Balaban J connectivity index is 0.00000169. The number of aromatic hydroxyl groups is 3. The van der Waals surface area contributed by atoms with E-state index in [2.05, 4.69) is 6.58 Å². The van der Waals surface area contributed by atoms with E-state index in [1.54, 1.807) is 0 Å². The standard InChI is InChI=1S/C9H11NO3.ClH/c1-2-6(10)5-3-4-7(11)9(13)8(5)12;/h2-4,6,11-13H,1,10H2;1H/t6-;/m1./s1. The predicted octanol–water partition coefficient (Wildman–Crippen LogP) is 1.41. The lowest BCUT2D eigenvalue weighted by molar-refractivity contribution is 0.364. The van der Waals surface area contributed by atoms with Gasteiger partial charge in [0.2, 0.25) is 5.75 Å². The normalized spacial score (nSPS) is 11.5. The summed E-state index contributed by atoms with van der Waals surface area (Å²) in [5.41, 5.74) is 5.87. The van der Waals surface area contributed by atoms with Gasteiger partial charge in [-0.3, -0.25) is 0 Å². The SMILES string of the molecule is C=C[C@@H](N)c1ccc(O)c(O)c1O.Cl. The molecule has 5 heteroatoms. The first-order valence-corrected chi connectivity index (χ1v) is 3.70. The van der Waals surface area contributed by atoms with E-state index in [1.807, 2.05) is 0 Å². The molecule has 0 fully saturated rings. The highest BCUT2D eigenvalue weighted by Gasteiger charge is 2.13. The predicted molar refractivity (Wildman–Crippen MR) is 55.8 cm³/mol. The molecule has 14 heavy (non-hydrogen) atoms. The number of benzene rings is 1. The Bertz CT molecular complexity index is 341. The number of phenolic OH excluding ortho intramolecular Hbond substituents is 3. The molecular formula is C9H12ClNO3. The zero-order valence-electron chi connectivity index (χ0n) is 7.34. The first kappa shape index (κ1) is 12.6. The Hall–Kier alpha value is -1.39. The van der Waals surface area contributed by atoms with Gasteiger partial charge in [0.1, 0.15) is 0 Å². The Kier molecular flexibility index (Phi) is 4.27. The molecule has 0 spiro atoms. The fourth-order valence-corrected chi connectivity index (χ4v) is 0.981. The minimum Gasteiger partial charge on any atom is -0.504 e. The lowest BCUT2D eigenvalue weighted by atomic mass is 10.1. The molecule has 5 N–H and O–H groups in total. The lowest BCUT2D eigenvalue weighted by Gasteiger charge is -2.10. The van der Waals surface area contributed by atoms with E-state index in [9.17, 15) is 5.11 Å². The minimum atomic E-state index is -0.563. The topological polar surface area (TPSA) is 86.7 Å². The van der Waals surface area contributed by atoms with E-state index in [4.69, 9.17) is 15.9 Å².